The number of rotatable bonds is 5. The van der Waals surface area contributed by atoms with Crippen molar-refractivity contribution >= 4 is 11.9 Å². The molecular formula is C12H14FNO3. The summed E-state index contributed by atoms with van der Waals surface area (Å²) < 4.78 is 13.3. The molecule has 4 nitrogen and oxygen atoms in total. The third-order valence-corrected chi connectivity index (χ3v) is 2.22. The van der Waals surface area contributed by atoms with Gasteiger partial charge in [0.1, 0.15) is 5.82 Å². The molecule has 0 saturated carbocycles. The van der Waals surface area contributed by atoms with Crippen molar-refractivity contribution in [1.29, 1.82) is 0 Å². The monoisotopic (exact) mass is 239 g/mol. The number of nitrogens with one attached hydrogen (secondary N) is 1. The second-order valence-corrected chi connectivity index (χ2v) is 3.74. The van der Waals surface area contributed by atoms with Crippen LogP contribution in [0.15, 0.2) is 18.2 Å². The minimum Gasteiger partial charge on any atom is -0.481 e. The van der Waals surface area contributed by atoms with Crippen LogP contribution in [0.2, 0.25) is 0 Å². The molecule has 2 N–H and O–H groups in total. The summed E-state index contributed by atoms with van der Waals surface area (Å²) in [4.78, 5) is 21.8. The van der Waals surface area contributed by atoms with E-state index in [0.29, 0.717) is 6.42 Å². The third kappa shape index (κ3) is 4.22. The van der Waals surface area contributed by atoms with Crippen molar-refractivity contribution in [3.63, 3.8) is 0 Å². The highest BCUT2D eigenvalue weighted by atomic mass is 19.1. The first kappa shape index (κ1) is 13.2. The number of benzene rings is 1. The zero-order valence-electron chi connectivity index (χ0n) is 9.50. The fraction of sp³-hybridized carbons (Fsp3) is 0.333. The van der Waals surface area contributed by atoms with Gasteiger partial charge in [-0.1, -0.05) is 11.6 Å². The van der Waals surface area contributed by atoms with Crippen LogP contribution in [0.1, 0.15) is 28.8 Å². The lowest BCUT2D eigenvalue weighted by Gasteiger charge is -2.06. The molecule has 1 rings (SSSR count). The molecule has 0 radical (unpaired) electrons. The van der Waals surface area contributed by atoms with Gasteiger partial charge in [-0.05, 0) is 25.5 Å². The van der Waals surface area contributed by atoms with Crippen molar-refractivity contribution < 1.29 is 19.1 Å². The van der Waals surface area contributed by atoms with E-state index in [2.05, 4.69) is 5.32 Å². The molecule has 0 aliphatic carbocycles. The molecular weight excluding hydrogens is 225 g/mol. The van der Waals surface area contributed by atoms with Gasteiger partial charge >= 0.3 is 5.97 Å². The molecule has 92 valence electrons. The number of carboxylic acids is 1. The number of hydrogen-bond acceptors (Lipinski definition) is 2. The van der Waals surface area contributed by atoms with E-state index < -0.39 is 17.7 Å². The van der Waals surface area contributed by atoms with Crippen LogP contribution >= 0.6 is 0 Å². The maximum Gasteiger partial charge on any atom is 0.303 e. The lowest BCUT2D eigenvalue weighted by molar-refractivity contribution is -0.137. The van der Waals surface area contributed by atoms with Gasteiger partial charge in [0.05, 0.1) is 5.56 Å². The Morgan fingerprint density at radius 2 is 2.12 bits per heavy atom. The van der Waals surface area contributed by atoms with Gasteiger partial charge in [0.15, 0.2) is 0 Å². The Kier molecular flexibility index (Phi) is 4.63. The Hall–Kier alpha value is -1.91. The summed E-state index contributed by atoms with van der Waals surface area (Å²) >= 11 is 0. The molecule has 0 aliphatic rings. The maximum atomic E-state index is 13.3. The molecule has 0 saturated heterocycles. The fourth-order valence-electron chi connectivity index (χ4n) is 1.35. The lowest BCUT2D eigenvalue weighted by atomic mass is 10.1. The largest absolute Gasteiger partial charge is 0.481 e. The Balaban J connectivity index is 2.52. The summed E-state index contributed by atoms with van der Waals surface area (Å²) in [6.45, 7) is 1.99. The second kappa shape index (κ2) is 5.98. The number of aryl methyl sites for hydroxylation is 1. The summed E-state index contributed by atoms with van der Waals surface area (Å²) in [5.41, 5.74) is 0.780. The van der Waals surface area contributed by atoms with Crippen LogP contribution in [0.4, 0.5) is 4.39 Å². The number of carbonyl (C=O) groups is 2. The SMILES string of the molecule is Cc1ccc(F)c(C(=O)NCCCC(=O)O)c1. The zero-order chi connectivity index (χ0) is 12.8. The first-order valence-electron chi connectivity index (χ1n) is 5.27. The number of carboxylic acid groups (broad SMARTS) is 1. The molecule has 0 unspecified atom stereocenters. The minimum atomic E-state index is -0.916. The maximum absolute atomic E-state index is 13.3. The number of hydrogen-bond donors (Lipinski definition) is 2. The lowest BCUT2D eigenvalue weighted by Crippen LogP contribution is -2.25. The van der Waals surface area contributed by atoms with Crippen LogP contribution in [-0.4, -0.2) is 23.5 Å². The summed E-state index contributed by atoms with van der Waals surface area (Å²) in [5, 5.41) is 10.9. The van der Waals surface area contributed by atoms with Gasteiger partial charge in [-0.25, -0.2) is 4.39 Å². The molecule has 1 amide bonds. The van der Waals surface area contributed by atoms with E-state index >= 15 is 0 Å². The standard InChI is InChI=1S/C12H14FNO3/c1-8-4-5-10(13)9(7-8)12(17)14-6-2-3-11(15)16/h4-5,7H,2-3,6H2,1H3,(H,14,17)(H,15,16). The smallest absolute Gasteiger partial charge is 0.303 e. The molecule has 5 heteroatoms. The van der Waals surface area contributed by atoms with Gasteiger partial charge in [0.2, 0.25) is 0 Å². The Labute approximate surface area is 98.5 Å². The molecule has 0 aliphatic heterocycles. The van der Waals surface area contributed by atoms with Crippen molar-refractivity contribution in [1.82, 2.24) is 5.32 Å². The summed E-state index contributed by atoms with van der Waals surface area (Å²) in [6.07, 6.45) is 0.311. The highest BCUT2D eigenvalue weighted by Crippen LogP contribution is 2.09. The van der Waals surface area contributed by atoms with E-state index in [0.717, 1.165) is 5.56 Å². The molecule has 1 aromatic rings. The molecule has 0 atom stereocenters. The number of carbonyl (C=O) groups excluding carboxylic acids is 1. The molecule has 0 heterocycles. The third-order valence-electron chi connectivity index (χ3n) is 2.22. The number of halogens is 1. The highest BCUT2D eigenvalue weighted by molar-refractivity contribution is 5.94. The van der Waals surface area contributed by atoms with Gasteiger partial charge in [0, 0.05) is 13.0 Å². The summed E-state index contributed by atoms with van der Waals surface area (Å²) in [6, 6.07) is 4.28. The van der Waals surface area contributed by atoms with Gasteiger partial charge in [-0.15, -0.1) is 0 Å². The Morgan fingerprint density at radius 1 is 1.41 bits per heavy atom. The molecule has 17 heavy (non-hydrogen) atoms. The van der Waals surface area contributed by atoms with Crippen molar-refractivity contribution in [2.75, 3.05) is 6.54 Å². The topological polar surface area (TPSA) is 66.4 Å². The average molecular weight is 239 g/mol. The van der Waals surface area contributed by atoms with E-state index in [1.54, 1.807) is 13.0 Å². The molecule has 0 bridgehead atoms. The first-order chi connectivity index (χ1) is 8.00. The minimum absolute atomic E-state index is 0.0136. The van der Waals surface area contributed by atoms with E-state index in [9.17, 15) is 14.0 Å². The Bertz CT molecular complexity index is 432. The normalized spacial score (nSPS) is 10.0. The second-order valence-electron chi connectivity index (χ2n) is 3.74. The number of aliphatic carboxylic acids is 1. The van der Waals surface area contributed by atoms with Crippen LogP contribution < -0.4 is 5.32 Å². The molecule has 0 spiro atoms. The predicted octanol–water partition coefficient (Wildman–Crippen LogP) is 1.73. The van der Waals surface area contributed by atoms with Crippen molar-refractivity contribution in [3.05, 3.63) is 35.1 Å². The number of amides is 1. The summed E-state index contributed by atoms with van der Waals surface area (Å²) in [5.74, 6) is -2.01. The fourth-order valence-corrected chi connectivity index (χ4v) is 1.35. The van der Waals surface area contributed by atoms with Gasteiger partial charge in [-0.3, -0.25) is 9.59 Å². The van der Waals surface area contributed by atoms with Crippen LogP contribution in [0, 0.1) is 12.7 Å². The zero-order valence-corrected chi connectivity index (χ0v) is 9.50. The van der Waals surface area contributed by atoms with E-state index in [-0.39, 0.29) is 18.5 Å². The van der Waals surface area contributed by atoms with E-state index in [1.165, 1.54) is 12.1 Å². The molecule has 0 fully saturated rings. The quantitative estimate of drug-likeness (QED) is 0.769. The highest BCUT2D eigenvalue weighted by Gasteiger charge is 2.11. The first-order valence-corrected chi connectivity index (χ1v) is 5.27. The molecule has 1 aromatic carbocycles. The van der Waals surface area contributed by atoms with Crippen LogP contribution in [0.25, 0.3) is 0 Å². The van der Waals surface area contributed by atoms with Crippen molar-refractivity contribution in [3.8, 4) is 0 Å². The van der Waals surface area contributed by atoms with Crippen molar-refractivity contribution in [2.45, 2.75) is 19.8 Å². The van der Waals surface area contributed by atoms with Crippen LogP contribution in [-0.2, 0) is 4.79 Å². The van der Waals surface area contributed by atoms with E-state index in [4.69, 9.17) is 5.11 Å². The van der Waals surface area contributed by atoms with Crippen molar-refractivity contribution in [2.24, 2.45) is 0 Å². The van der Waals surface area contributed by atoms with Crippen LogP contribution in [0.3, 0.4) is 0 Å². The van der Waals surface area contributed by atoms with Gasteiger partial charge in [-0.2, -0.15) is 0 Å². The van der Waals surface area contributed by atoms with Gasteiger partial charge < -0.3 is 10.4 Å². The Morgan fingerprint density at radius 3 is 2.76 bits per heavy atom. The predicted molar refractivity (Wildman–Crippen MR) is 60.3 cm³/mol. The summed E-state index contributed by atoms with van der Waals surface area (Å²) in [7, 11) is 0. The van der Waals surface area contributed by atoms with E-state index in [1.807, 2.05) is 0 Å². The van der Waals surface area contributed by atoms with Crippen LogP contribution in [0.5, 0.6) is 0 Å². The average Bonchev–Trinajstić information content (AvgIpc) is 2.27. The molecule has 0 aromatic heterocycles. The van der Waals surface area contributed by atoms with Gasteiger partial charge in [0.25, 0.3) is 5.91 Å².